The van der Waals surface area contributed by atoms with Gasteiger partial charge in [-0.2, -0.15) is 5.10 Å². The van der Waals surface area contributed by atoms with Crippen LogP contribution in [0.4, 0.5) is 5.69 Å². The van der Waals surface area contributed by atoms with Gasteiger partial charge in [-0.3, -0.25) is 9.59 Å². The summed E-state index contributed by atoms with van der Waals surface area (Å²) >= 11 is 0. The van der Waals surface area contributed by atoms with E-state index in [0.717, 1.165) is 42.0 Å². The highest BCUT2D eigenvalue weighted by atomic mass is 16.1. The first-order valence-corrected chi connectivity index (χ1v) is 12.2. The number of para-hydroxylation sites is 1. The lowest BCUT2D eigenvalue weighted by Crippen LogP contribution is -2.23. The minimum Gasteiger partial charge on any atom is -0.367 e. The van der Waals surface area contributed by atoms with Gasteiger partial charge in [0.25, 0.3) is 5.91 Å². The van der Waals surface area contributed by atoms with Crippen molar-refractivity contribution in [3.05, 3.63) is 93.9 Å². The molecule has 5 rings (SSSR count). The van der Waals surface area contributed by atoms with E-state index in [9.17, 15) is 9.59 Å². The van der Waals surface area contributed by atoms with E-state index >= 15 is 0 Å². The second kappa shape index (κ2) is 9.81. The van der Waals surface area contributed by atoms with E-state index in [-0.39, 0.29) is 5.91 Å². The summed E-state index contributed by atoms with van der Waals surface area (Å²) in [5, 5.41) is 7.26. The van der Waals surface area contributed by atoms with E-state index in [1.165, 1.54) is 23.0 Å². The predicted octanol–water partition coefficient (Wildman–Crippen LogP) is 3.26. The van der Waals surface area contributed by atoms with Gasteiger partial charge >= 0.3 is 0 Å². The number of benzene rings is 2. The van der Waals surface area contributed by atoms with E-state index in [4.69, 9.17) is 5.73 Å². The summed E-state index contributed by atoms with van der Waals surface area (Å²) in [5.41, 5.74) is 13.8. The Kier molecular flexibility index (Phi) is 6.41. The zero-order valence-electron chi connectivity index (χ0n) is 20.6. The minimum absolute atomic E-state index is 0.0232. The van der Waals surface area contributed by atoms with E-state index in [1.54, 1.807) is 4.52 Å². The van der Waals surface area contributed by atoms with Gasteiger partial charge in [-0.05, 0) is 55.0 Å². The number of fused-ring (bicyclic) bond motifs is 2. The Morgan fingerprint density at radius 3 is 2.58 bits per heavy atom. The number of carbonyl (C=O) groups is 2. The molecule has 2 aromatic carbocycles. The molecule has 184 valence electrons. The molecule has 0 unspecified atom stereocenters. The third kappa shape index (κ3) is 4.66. The van der Waals surface area contributed by atoms with E-state index in [2.05, 4.69) is 68.8 Å². The maximum Gasteiger partial charge on any atom is 0.254 e. The molecule has 8 heteroatoms. The molecular formula is C28H30N6O2. The van der Waals surface area contributed by atoms with Crippen LogP contribution in [0.3, 0.4) is 0 Å². The third-order valence-corrected chi connectivity index (χ3v) is 6.95. The number of hydrogen-bond donors (Lipinski definition) is 2. The minimum atomic E-state index is -0.558. The molecule has 1 aliphatic rings. The first-order chi connectivity index (χ1) is 17.4. The quantitative estimate of drug-likeness (QED) is 0.401. The normalized spacial score (nSPS) is 12.7. The maximum atomic E-state index is 12.6. The highest BCUT2D eigenvalue weighted by molar-refractivity contribution is 5.98. The fourth-order valence-electron chi connectivity index (χ4n) is 4.93. The molecule has 2 aromatic heterocycles. The van der Waals surface area contributed by atoms with E-state index in [1.807, 2.05) is 13.8 Å². The smallest absolute Gasteiger partial charge is 0.254 e. The van der Waals surface area contributed by atoms with Crippen LogP contribution in [0.5, 0.6) is 0 Å². The molecule has 36 heavy (non-hydrogen) atoms. The topological polar surface area (TPSA) is 106 Å². The lowest BCUT2D eigenvalue weighted by Gasteiger charge is -2.19. The highest BCUT2D eigenvalue weighted by Gasteiger charge is 2.19. The molecule has 0 fully saturated rings. The van der Waals surface area contributed by atoms with Crippen LogP contribution >= 0.6 is 0 Å². The van der Waals surface area contributed by atoms with Crippen molar-refractivity contribution >= 4 is 23.1 Å². The zero-order chi connectivity index (χ0) is 25.2. The Hall–Kier alpha value is -4.20. The van der Waals surface area contributed by atoms with Gasteiger partial charge in [-0.25, -0.2) is 9.50 Å². The highest BCUT2D eigenvalue weighted by Crippen LogP contribution is 2.28. The summed E-state index contributed by atoms with van der Waals surface area (Å²) in [5.74, 6) is -0.581. The molecule has 0 atom stereocenters. The first kappa shape index (κ1) is 23.5. The molecule has 0 radical (unpaired) electrons. The number of nitrogens with zero attached hydrogens (tertiary/aromatic N) is 4. The van der Waals surface area contributed by atoms with Gasteiger partial charge in [0, 0.05) is 43.1 Å². The maximum absolute atomic E-state index is 12.6. The van der Waals surface area contributed by atoms with Crippen molar-refractivity contribution in [2.75, 3.05) is 11.4 Å². The Labute approximate surface area is 210 Å². The van der Waals surface area contributed by atoms with Gasteiger partial charge in [0.15, 0.2) is 5.65 Å². The second-order valence-corrected chi connectivity index (χ2v) is 9.31. The van der Waals surface area contributed by atoms with E-state index in [0.29, 0.717) is 30.6 Å². The summed E-state index contributed by atoms with van der Waals surface area (Å²) in [6.07, 6.45) is 3.40. The van der Waals surface area contributed by atoms with Gasteiger partial charge in [0.2, 0.25) is 5.91 Å². The van der Waals surface area contributed by atoms with Crippen LogP contribution in [0.2, 0.25) is 0 Å². The van der Waals surface area contributed by atoms with Crippen LogP contribution in [-0.2, 0) is 30.7 Å². The van der Waals surface area contributed by atoms with Gasteiger partial charge in [-0.15, -0.1) is 0 Å². The number of nitrogens with one attached hydrogen (secondary N) is 1. The average Bonchev–Trinajstić information content (AvgIpc) is 3.48. The standard InChI is InChI=1S/C28H30N6O2/c1-18-23(19(2)34-28(32-18)24(16-31-34)27(29)36)11-12-26(35)30-15-20-7-9-21(10-8-20)17-33-14-13-22-5-3-4-6-25(22)33/h3-10,16H,11-15,17H2,1-2H3,(H2,29,36)(H,30,35). The van der Waals surface area contributed by atoms with Gasteiger partial charge < -0.3 is 16.0 Å². The molecule has 0 bridgehead atoms. The number of amides is 2. The summed E-state index contributed by atoms with van der Waals surface area (Å²) in [6.45, 7) is 6.21. The van der Waals surface area contributed by atoms with Crippen LogP contribution in [0, 0.1) is 13.8 Å². The molecular weight excluding hydrogens is 452 g/mol. The Bertz CT molecular complexity index is 1440. The van der Waals surface area contributed by atoms with E-state index < -0.39 is 5.91 Å². The molecule has 0 saturated heterocycles. The Morgan fingerprint density at radius 2 is 1.81 bits per heavy atom. The SMILES string of the molecule is Cc1nc2c(C(N)=O)cnn2c(C)c1CCC(=O)NCc1ccc(CN2CCc3ccccc32)cc1. The molecule has 8 nitrogen and oxygen atoms in total. The molecule has 2 amide bonds. The number of aryl methyl sites for hydroxylation is 2. The van der Waals surface area contributed by atoms with Crippen molar-refractivity contribution in [2.45, 2.75) is 46.2 Å². The Morgan fingerprint density at radius 1 is 1.06 bits per heavy atom. The zero-order valence-corrected chi connectivity index (χ0v) is 20.6. The molecule has 1 aliphatic heterocycles. The third-order valence-electron chi connectivity index (χ3n) is 6.95. The molecule has 0 spiro atoms. The van der Waals surface area contributed by atoms with Crippen molar-refractivity contribution in [1.82, 2.24) is 19.9 Å². The molecule has 0 aliphatic carbocycles. The summed E-state index contributed by atoms with van der Waals surface area (Å²) in [6, 6.07) is 17.0. The first-order valence-electron chi connectivity index (χ1n) is 12.2. The number of anilines is 1. The summed E-state index contributed by atoms with van der Waals surface area (Å²) in [4.78, 5) is 31.1. The number of hydrogen-bond acceptors (Lipinski definition) is 5. The summed E-state index contributed by atoms with van der Waals surface area (Å²) < 4.78 is 1.61. The molecule has 3 heterocycles. The number of primary amides is 1. The average molecular weight is 483 g/mol. The monoisotopic (exact) mass is 482 g/mol. The number of carbonyl (C=O) groups excluding carboxylic acids is 2. The number of rotatable bonds is 8. The van der Waals surface area contributed by atoms with Crippen LogP contribution in [0.15, 0.2) is 54.7 Å². The second-order valence-electron chi connectivity index (χ2n) is 9.31. The van der Waals surface area contributed by atoms with Gasteiger partial charge in [-0.1, -0.05) is 42.5 Å². The molecule has 4 aromatic rings. The predicted molar refractivity (Wildman–Crippen MR) is 139 cm³/mol. The molecule has 3 N–H and O–H groups in total. The van der Waals surface area contributed by atoms with Crippen molar-refractivity contribution < 1.29 is 9.59 Å². The fraction of sp³-hybridized carbons (Fsp3) is 0.286. The lowest BCUT2D eigenvalue weighted by atomic mass is 10.1. The van der Waals surface area contributed by atoms with Crippen LogP contribution < -0.4 is 16.0 Å². The molecule has 0 saturated carbocycles. The largest absolute Gasteiger partial charge is 0.367 e. The van der Waals surface area contributed by atoms with Crippen molar-refractivity contribution in [3.63, 3.8) is 0 Å². The lowest BCUT2D eigenvalue weighted by molar-refractivity contribution is -0.121. The fourth-order valence-corrected chi connectivity index (χ4v) is 4.93. The number of aromatic nitrogens is 3. The van der Waals surface area contributed by atoms with Crippen LogP contribution in [-0.4, -0.2) is 33.0 Å². The van der Waals surface area contributed by atoms with Crippen molar-refractivity contribution in [1.29, 1.82) is 0 Å². The van der Waals surface area contributed by atoms with Gasteiger partial charge in [0.1, 0.15) is 5.56 Å². The Balaban J connectivity index is 1.15. The van der Waals surface area contributed by atoms with Crippen molar-refractivity contribution in [3.8, 4) is 0 Å². The van der Waals surface area contributed by atoms with Crippen molar-refractivity contribution in [2.24, 2.45) is 5.73 Å². The number of nitrogens with two attached hydrogens (primary N) is 1. The van der Waals surface area contributed by atoms with Crippen LogP contribution in [0.25, 0.3) is 5.65 Å². The van der Waals surface area contributed by atoms with Crippen LogP contribution in [0.1, 0.15) is 50.4 Å². The van der Waals surface area contributed by atoms with Gasteiger partial charge in [0.05, 0.1) is 6.20 Å². The summed E-state index contributed by atoms with van der Waals surface area (Å²) in [7, 11) is 0.